The number of aromatic nitrogens is 1. The van der Waals surface area contributed by atoms with Gasteiger partial charge in [-0.05, 0) is 56.3 Å². The highest BCUT2D eigenvalue weighted by molar-refractivity contribution is 9.10. The monoisotopic (exact) mass is 326 g/mol. The van der Waals surface area contributed by atoms with E-state index in [-0.39, 0.29) is 6.04 Å². The Bertz CT molecular complexity index is 547. The first-order chi connectivity index (χ1) is 8.47. The Morgan fingerprint density at radius 3 is 2.67 bits per heavy atom. The van der Waals surface area contributed by atoms with E-state index in [1.807, 2.05) is 39.0 Å². The molecule has 2 rings (SSSR count). The third-order valence-electron chi connectivity index (χ3n) is 2.67. The third-order valence-corrected chi connectivity index (χ3v) is 4.10. The van der Waals surface area contributed by atoms with E-state index < -0.39 is 0 Å². The van der Waals surface area contributed by atoms with E-state index >= 15 is 0 Å². The summed E-state index contributed by atoms with van der Waals surface area (Å²) in [4.78, 5) is 5.45. The molecular formula is C13H15BrN2OS. The van der Waals surface area contributed by atoms with Gasteiger partial charge in [0.15, 0.2) is 0 Å². The topological polar surface area (TPSA) is 52.0 Å². The predicted octanol–water partition coefficient (Wildman–Crippen LogP) is 4.22. The van der Waals surface area contributed by atoms with E-state index in [0.29, 0.717) is 5.22 Å². The van der Waals surface area contributed by atoms with Crippen molar-refractivity contribution in [3.63, 3.8) is 0 Å². The maximum atomic E-state index is 5.99. The summed E-state index contributed by atoms with van der Waals surface area (Å²) in [5, 5.41) is 0.661. The van der Waals surface area contributed by atoms with Crippen LogP contribution in [-0.4, -0.2) is 4.98 Å². The van der Waals surface area contributed by atoms with Crippen LogP contribution in [0.1, 0.15) is 30.0 Å². The van der Waals surface area contributed by atoms with E-state index in [0.717, 1.165) is 26.4 Å². The highest BCUT2D eigenvalue weighted by Gasteiger charge is 2.13. The summed E-state index contributed by atoms with van der Waals surface area (Å²) < 4.78 is 6.61. The Kier molecular flexibility index (Phi) is 4.14. The second-order valence-electron chi connectivity index (χ2n) is 4.19. The molecule has 5 heteroatoms. The molecule has 0 bridgehead atoms. The van der Waals surface area contributed by atoms with Gasteiger partial charge in [0, 0.05) is 15.4 Å². The van der Waals surface area contributed by atoms with E-state index in [1.165, 1.54) is 11.8 Å². The minimum atomic E-state index is -0.0258. The molecule has 0 radical (unpaired) electrons. The molecule has 1 heterocycles. The van der Waals surface area contributed by atoms with Gasteiger partial charge in [0.2, 0.25) is 0 Å². The summed E-state index contributed by atoms with van der Waals surface area (Å²) in [5.41, 5.74) is 8.00. The lowest BCUT2D eigenvalue weighted by Gasteiger charge is -2.11. The first-order valence-electron chi connectivity index (χ1n) is 5.64. The number of aryl methyl sites for hydroxylation is 2. The molecule has 0 spiro atoms. The summed E-state index contributed by atoms with van der Waals surface area (Å²) in [5.74, 6) is 0.858. The van der Waals surface area contributed by atoms with Crippen molar-refractivity contribution < 1.29 is 4.42 Å². The maximum Gasteiger partial charge on any atom is 0.261 e. The third kappa shape index (κ3) is 2.96. The molecular weight excluding hydrogens is 312 g/mol. The van der Waals surface area contributed by atoms with Gasteiger partial charge >= 0.3 is 0 Å². The maximum absolute atomic E-state index is 5.99. The average molecular weight is 327 g/mol. The van der Waals surface area contributed by atoms with Crippen LogP contribution in [-0.2, 0) is 0 Å². The molecule has 18 heavy (non-hydrogen) atoms. The Morgan fingerprint density at radius 1 is 1.39 bits per heavy atom. The summed E-state index contributed by atoms with van der Waals surface area (Å²) in [6, 6.07) is 6.04. The van der Waals surface area contributed by atoms with Crippen molar-refractivity contribution in [2.45, 2.75) is 36.9 Å². The lowest BCUT2D eigenvalue weighted by atomic mass is 10.1. The Balaban J connectivity index is 2.33. The van der Waals surface area contributed by atoms with E-state index in [9.17, 15) is 0 Å². The Labute approximate surface area is 119 Å². The number of hydrogen-bond acceptors (Lipinski definition) is 4. The van der Waals surface area contributed by atoms with Crippen LogP contribution in [0.4, 0.5) is 0 Å². The molecule has 1 unspecified atom stereocenters. The molecule has 2 N–H and O–H groups in total. The number of oxazole rings is 1. The van der Waals surface area contributed by atoms with Crippen molar-refractivity contribution in [2.75, 3.05) is 0 Å². The molecule has 0 amide bonds. The molecule has 2 aromatic rings. The number of rotatable bonds is 3. The number of halogens is 1. The smallest absolute Gasteiger partial charge is 0.261 e. The van der Waals surface area contributed by atoms with Crippen LogP contribution in [0.15, 0.2) is 37.2 Å². The van der Waals surface area contributed by atoms with Gasteiger partial charge in [0.1, 0.15) is 5.76 Å². The van der Waals surface area contributed by atoms with Gasteiger partial charge in [-0.3, -0.25) is 0 Å². The first kappa shape index (κ1) is 13.6. The van der Waals surface area contributed by atoms with Gasteiger partial charge in [-0.2, -0.15) is 0 Å². The van der Waals surface area contributed by atoms with Gasteiger partial charge in [0.25, 0.3) is 5.22 Å². The summed E-state index contributed by atoms with van der Waals surface area (Å²) in [6.07, 6.45) is 0. The number of hydrogen-bond donors (Lipinski definition) is 1. The van der Waals surface area contributed by atoms with Gasteiger partial charge in [-0.25, -0.2) is 4.98 Å². The zero-order valence-electron chi connectivity index (χ0n) is 10.5. The molecule has 96 valence electrons. The largest absolute Gasteiger partial charge is 0.436 e. The SMILES string of the molecule is Cc1nc(Sc2ccc(Br)cc2C(C)N)oc1C. The second kappa shape index (κ2) is 5.47. The second-order valence-corrected chi connectivity index (χ2v) is 6.10. The fourth-order valence-corrected chi connectivity index (χ4v) is 2.96. The molecule has 0 saturated carbocycles. The summed E-state index contributed by atoms with van der Waals surface area (Å²) in [7, 11) is 0. The molecule has 0 aliphatic rings. The van der Waals surface area contributed by atoms with Crippen molar-refractivity contribution in [3.8, 4) is 0 Å². The molecule has 1 aromatic heterocycles. The molecule has 0 saturated heterocycles. The molecule has 1 aromatic carbocycles. The fraction of sp³-hybridized carbons (Fsp3) is 0.308. The highest BCUT2D eigenvalue weighted by atomic mass is 79.9. The minimum absolute atomic E-state index is 0.0258. The average Bonchev–Trinajstić information content (AvgIpc) is 2.60. The summed E-state index contributed by atoms with van der Waals surface area (Å²) in [6.45, 7) is 5.83. The standard InChI is InChI=1S/C13H15BrN2OS/c1-7(15)11-6-10(14)4-5-12(11)18-13-16-8(2)9(3)17-13/h4-7H,15H2,1-3H3. The molecule has 0 aliphatic carbocycles. The number of nitrogens with zero attached hydrogens (tertiary/aromatic N) is 1. The highest BCUT2D eigenvalue weighted by Crippen LogP contribution is 2.34. The van der Waals surface area contributed by atoms with Crippen LogP contribution in [0.3, 0.4) is 0 Å². The van der Waals surface area contributed by atoms with Crippen LogP contribution in [0.5, 0.6) is 0 Å². The first-order valence-corrected chi connectivity index (χ1v) is 7.25. The van der Waals surface area contributed by atoms with E-state index in [4.69, 9.17) is 10.2 Å². The van der Waals surface area contributed by atoms with Crippen LogP contribution >= 0.6 is 27.7 Å². The van der Waals surface area contributed by atoms with Crippen molar-refractivity contribution in [2.24, 2.45) is 5.73 Å². The summed E-state index contributed by atoms with van der Waals surface area (Å²) >= 11 is 4.97. The predicted molar refractivity (Wildman–Crippen MR) is 76.8 cm³/mol. The zero-order valence-corrected chi connectivity index (χ0v) is 12.9. The number of benzene rings is 1. The van der Waals surface area contributed by atoms with E-state index in [2.05, 4.69) is 20.9 Å². The fourth-order valence-electron chi connectivity index (χ4n) is 1.55. The van der Waals surface area contributed by atoms with Crippen molar-refractivity contribution in [1.82, 2.24) is 4.98 Å². The quantitative estimate of drug-likeness (QED) is 0.917. The minimum Gasteiger partial charge on any atom is -0.436 e. The van der Waals surface area contributed by atoms with Crippen molar-refractivity contribution in [1.29, 1.82) is 0 Å². The van der Waals surface area contributed by atoms with Crippen LogP contribution < -0.4 is 5.73 Å². The Morgan fingerprint density at radius 2 is 2.11 bits per heavy atom. The Hall–Kier alpha value is -0.780. The molecule has 1 atom stereocenters. The normalized spacial score (nSPS) is 12.7. The lowest BCUT2D eigenvalue weighted by molar-refractivity contribution is 0.431. The van der Waals surface area contributed by atoms with Crippen molar-refractivity contribution in [3.05, 3.63) is 39.7 Å². The van der Waals surface area contributed by atoms with Gasteiger partial charge in [0.05, 0.1) is 5.69 Å². The molecule has 0 fully saturated rings. The van der Waals surface area contributed by atoms with Gasteiger partial charge < -0.3 is 10.2 Å². The van der Waals surface area contributed by atoms with Crippen LogP contribution in [0.25, 0.3) is 0 Å². The van der Waals surface area contributed by atoms with Gasteiger partial charge in [-0.1, -0.05) is 15.9 Å². The van der Waals surface area contributed by atoms with E-state index in [1.54, 1.807) is 0 Å². The van der Waals surface area contributed by atoms with Crippen LogP contribution in [0.2, 0.25) is 0 Å². The molecule has 3 nitrogen and oxygen atoms in total. The van der Waals surface area contributed by atoms with Crippen molar-refractivity contribution >= 4 is 27.7 Å². The molecule has 0 aliphatic heterocycles. The zero-order chi connectivity index (χ0) is 13.3. The van der Waals surface area contributed by atoms with Gasteiger partial charge in [-0.15, -0.1) is 0 Å². The number of nitrogens with two attached hydrogens (primary N) is 1. The van der Waals surface area contributed by atoms with Crippen LogP contribution in [0, 0.1) is 13.8 Å². The lowest BCUT2D eigenvalue weighted by Crippen LogP contribution is -2.06.